The zero-order valence-corrected chi connectivity index (χ0v) is 13.7. The Kier molecular flexibility index (Phi) is 9.33. The fourth-order valence-electron chi connectivity index (χ4n) is 2.01. The lowest BCUT2D eigenvalue weighted by molar-refractivity contribution is 0.310. The topological polar surface area (TPSA) is 30.5 Å². The maximum absolute atomic E-state index is 5.59. The van der Waals surface area contributed by atoms with Crippen molar-refractivity contribution in [3.05, 3.63) is 23.8 Å². The third-order valence-corrected chi connectivity index (χ3v) is 3.76. The largest absolute Gasteiger partial charge is 0.493 e. The lowest BCUT2D eigenvalue weighted by atomic mass is 10.2. The number of thioether (sulfide) groups is 1. The molecule has 0 saturated carbocycles. The first-order valence-corrected chi connectivity index (χ1v) is 8.70. The van der Waals surface area contributed by atoms with Crippen molar-refractivity contribution >= 4 is 11.8 Å². The summed E-state index contributed by atoms with van der Waals surface area (Å²) >= 11 is 1.93. The lowest BCUT2D eigenvalue weighted by Gasteiger charge is -2.11. The number of hydrogen-bond acceptors (Lipinski definition) is 4. The number of methoxy groups -OCH3 is 1. The van der Waals surface area contributed by atoms with Crippen LogP contribution in [0.1, 0.15) is 31.7 Å². The summed E-state index contributed by atoms with van der Waals surface area (Å²) in [6.45, 7) is 4.60. The van der Waals surface area contributed by atoms with Gasteiger partial charge in [0.25, 0.3) is 0 Å². The van der Waals surface area contributed by atoms with E-state index in [0.29, 0.717) is 6.61 Å². The normalized spacial score (nSPS) is 10.6. The van der Waals surface area contributed by atoms with E-state index >= 15 is 0 Å². The Morgan fingerprint density at radius 3 is 2.70 bits per heavy atom. The highest BCUT2D eigenvalue weighted by Crippen LogP contribution is 2.27. The Balaban J connectivity index is 2.31. The van der Waals surface area contributed by atoms with Gasteiger partial charge in [-0.25, -0.2) is 0 Å². The zero-order chi connectivity index (χ0) is 14.6. The Hall–Kier alpha value is -0.870. The molecule has 0 aromatic heterocycles. The van der Waals surface area contributed by atoms with Crippen LogP contribution in [-0.4, -0.2) is 32.3 Å². The fourth-order valence-corrected chi connectivity index (χ4v) is 2.50. The Bertz CT molecular complexity index is 371. The number of ether oxygens (including phenoxy) is 2. The van der Waals surface area contributed by atoms with Crippen LogP contribution in [0.15, 0.2) is 18.2 Å². The molecule has 0 fully saturated rings. The van der Waals surface area contributed by atoms with Gasteiger partial charge in [0, 0.05) is 6.54 Å². The van der Waals surface area contributed by atoms with Crippen LogP contribution >= 0.6 is 11.8 Å². The maximum Gasteiger partial charge on any atom is 0.161 e. The first-order valence-electron chi connectivity index (χ1n) is 7.31. The van der Waals surface area contributed by atoms with Crippen LogP contribution < -0.4 is 14.8 Å². The molecule has 4 heteroatoms. The first-order chi connectivity index (χ1) is 9.81. The highest BCUT2D eigenvalue weighted by atomic mass is 32.2. The second kappa shape index (κ2) is 10.9. The average Bonchev–Trinajstić information content (AvgIpc) is 2.47. The van der Waals surface area contributed by atoms with E-state index in [4.69, 9.17) is 9.47 Å². The monoisotopic (exact) mass is 297 g/mol. The van der Waals surface area contributed by atoms with E-state index in [-0.39, 0.29) is 0 Å². The highest BCUT2D eigenvalue weighted by Gasteiger charge is 2.04. The minimum Gasteiger partial charge on any atom is -0.493 e. The van der Waals surface area contributed by atoms with Gasteiger partial charge in [-0.15, -0.1) is 0 Å². The van der Waals surface area contributed by atoms with Gasteiger partial charge in [-0.3, -0.25) is 0 Å². The molecular weight excluding hydrogens is 270 g/mol. The first kappa shape index (κ1) is 17.2. The van der Waals surface area contributed by atoms with Gasteiger partial charge in [0.1, 0.15) is 0 Å². The molecule has 0 aliphatic carbocycles. The number of hydrogen-bond donors (Lipinski definition) is 1. The van der Waals surface area contributed by atoms with Crippen LogP contribution in [0.3, 0.4) is 0 Å². The predicted octanol–water partition coefficient (Wildman–Crippen LogP) is 3.72. The molecule has 0 radical (unpaired) electrons. The molecule has 0 bridgehead atoms. The minimum absolute atomic E-state index is 0.655. The van der Waals surface area contributed by atoms with Crippen LogP contribution in [0.25, 0.3) is 0 Å². The van der Waals surface area contributed by atoms with Crippen LogP contribution in [0, 0.1) is 0 Å². The van der Waals surface area contributed by atoms with Crippen molar-refractivity contribution in [3.63, 3.8) is 0 Å². The zero-order valence-electron chi connectivity index (χ0n) is 12.9. The Labute approximate surface area is 127 Å². The van der Waals surface area contributed by atoms with Gasteiger partial charge in [-0.1, -0.05) is 12.5 Å². The van der Waals surface area contributed by atoms with Gasteiger partial charge >= 0.3 is 0 Å². The van der Waals surface area contributed by atoms with E-state index in [0.717, 1.165) is 24.6 Å². The van der Waals surface area contributed by atoms with Crippen molar-refractivity contribution in [3.8, 4) is 11.5 Å². The minimum atomic E-state index is 0.655. The van der Waals surface area contributed by atoms with Gasteiger partial charge < -0.3 is 14.8 Å². The van der Waals surface area contributed by atoms with E-state index < -0.39 is 0 Å². The summed E-state index contributed by atoms with van der Waals surface area (Å²) in [5, 5.41) is 3.48. The molecule has 20 heavy (non-hydrogen) atoms. The van der Waals surface area contributed by atoms with Gasteiger partial charge in [0.15, 0.2) is 11.5 Å². The van der Waals surface area contributed by atoms with Crippen LogP contribution in [0.4, 0.5) is 0 Å². The second-order valence-electron chi connectivity index (χ2n) is 4.65. The molecule has 1 aromatic carbocycles. The third kappa shape index (κ3) is 6.53. The molecule has 0 spiro atoms. The molecule has 0 unspecified atom stereocenters. The fraction of sp³-hybridized carbons (Fsp3) is 0.625. The second-order valence-corrected chi connectivity index (χ2v) is 5.63. The third-order valence-electron chi connectivity index (χ3n) is 3.06. The molecule has 1 aromatic rings. The summed E-state index contributed by atoms with van der Waals surface area (Å²) in [7, 11) is 1.67. The maximum atomic E-state index is 5.59. The molecular formula is C16H27NO2S. The number of rotatable bonds is 11. The molecule has 0 amide bonds. The quantitative estimate of drug-likeness (QED) is 0.631. The predicted molar refractivity (Wildman–Crippen MR) is 88.1 cm³/mol. The van der Waals surface area contributed by atoms with Crippen molar-refractivity contribution in [2.24, 2.45) is 0 Å². The lowest BCUT2D eigenvalue weighted by Crippen LogP contribution is -2.14. The summed E-state index contributed by atoms with van der Waals surface area (Å²) in [4.78, 5) is 0. The summed E-state index contributed by atoms with van der Waals surface area (Å²) in [5.41, 5.74) is 1.23. The number of nitrogens with one attached hydrogen (secondary N) is 1. The summed E-state index contributed by atoms with van der Waals surface area (Å²) in [5.74, 6) is 2.90. The SMILES string of the molecule is CCOc1cc(CNCCCCCSC)ccc1OC. The molecule has 0 atom stereocenters. The van der Waals surface area contributed by atoms with Crippen molar-refractivity contribution in [1.29, 1.82) is 0 Å². The summed E-state index contributed by atoms with van der Waals surface area (Å²) in [6.07, 6.45) is 6.04. The van der Waals surface area contributed by atoms with E-state index in [2.05, 4.69) is 23.7 Å². The molecule has 0 aliphatic heterocycles. The Morgan fingerprint density at radius 1 is 1.15 bits per heavy atom. The molecule has 0 heterocycles. The summed E-state index contributed by atoms with van der Waals surface area (Å²) in [6, 6.07) is 6.12. The number of benzene rings is 1. The van der Waals surface area contributed by atoms with Crippen LogP contribution in [-0.2, 0) is 6.54 Å². The highest BCUT2D eigenvalue weighted by molar-refractivity contribution is 7.98. The van der Waals surface area contributed by atoms with E-state index in [1.807, 2.05) is 24.8 Å². The smallest absolute Gasteiger partial charge is 0.161 e. The Morgan fingerprint density at radius 2 is 2.00 bits per heavy atom. The standard InChI is InChI=1S/C16H27NO2S/c1-4-19-16-12-14(8-9-15(16)18-2)13-17-10-6-5-7-11-20-3/h8-9,12,17H,4-7,10-11,13H2,1-3H3. The van der Waals surface area contributed by atoms with Crippen molar-refractivity contribution in [2.45, 2.75) is 32.7 Å². The van der Waals surface area contributed by atoms with Crippen molar-refractivity contribution in [1.82, 2.24) is 5.32 Å². The molecule has 1 rings (SSSR count). The number of unbranched alkanes of at least 4 members (excludes halogenated alkanes) is 2. The molecule has 3 nitrogen and oxygen atoms in total. The van der Waals surface area contributed by atoms with Crippen LogP contribution in [0.2, 0.25) is 0 Å². The van der Waals surface area contributed by atoms with Gasteiger partial charge in [0.05, 0.1) is 13.7 Å². The van der Waals surface area contributed by atoms with Crippen molar-refractivity contribution < 1.29 is 9.47 Å². The van der Waals surface area contributed by atoms with E-state index in [1.165, 1.54) is 30.6 Å². The van der Waals surface area contributed by atoms with Gasteiger partial charge in [-0.05, 0) is 56.0 Å². The summed E-state index contributed by atoms with van der Waals surface area (Å²) < 4.78 is 10.9. The average molecular weight is 297 g/mol. The molecule has 0 aliphatic rings. The van der Waals surface area contributed by atoms with E-state index in [1.54, 1.807) is 7.11 Å². The molecule has 114 valence electrons. The molecule has 0 saturated heterocycles. The van der Waals surface area contributed by atoms with Gasteiger partial charge in [-0.2, -0.15) is 11.8 Å². The van der Waals surface area contributed by atoms with E-state index in [9.17, 15) is 0 Å². The van der Waals surface area contributed by atoms with Crippen LogP contribution in [0.5, 0.6) is 11.5 Å². The van der Waals surface area contributed by atoms with Gasteiger partial charge in [0.2, 0.25) is 0 Å². The van der Waals surface area contributed by atoms with Crippen molar-refractivity contribution in [2.75, 3.05) is 32.3 Å². The molecule has 1 N–H and O–H groups in total.